The topological polar surface area (TPSA) is 81.4 Å². The highest BCUT2D eigenvalue weighted by atomic mass is 32.2. The molecule has 0 atom stereocenters. The highest BCUT2D eigenvalue weighted by Gasteiger charge is 2.17. The van der Waals surface area contributed by atoms with Gasteiger partial charge in [0.25, 0.3) is 5.91 Å². The van der Waals surface area contributed by atoms with Gasteiger partial charge in [-0.05, 0) is 36.8 Å². The highest BCUT2D eigenvalue weighted by Crippen LogP contribution is 2.28. The predicted molar refractivity (Wildman–Crippen MR) is 131 cm³/mol. The highest BCUT2D eigenvalue weighted by molar-refractivity contribution is 7.99. The number of amides is 1. The van der Waals surface area contributed by atoms with E-state index in [9.17, 15) is 4.79 Å². The normalized spacial score (nSPS) is 11.0. The number of thioether (sulfide) groups is 1. The lowest BCUT2D eigenvalue weighted by Gasteiger charge is -2.11. The molecule has 0 aliphatic carbocycles. The fourth-order valence-corrected chi connectivity index (χ4v) is 3.94. The van der Waals surface area contributed by atoms with Gasteiger partial charge in [0.15, 0.2) is 11.0 Å². The van der Waals surface area contributed by atoms with Crippen LogP contribution < -0.4 is 10.2 Å². The first-order valence-corrected chi connectivity index (χ1v) is 11.3. The quantitative estimate of drug-likeness (QED) is 0.239. The van der Waals surface area contributed by atoms with Crippen molar-refractivity contribution in [3.63, 3.8) is 0 Å². The molecule has 8 heteroatoms. The Morgan fingerprint density at radius 3 is 2.58 bits per heavy atom. The Balaban J connectivity index is 1.51. The first kappa shape index (κ1) is 22.3. The van der Waals surface area contributed by atoms with Crippen molar-refractivity contribution in [3.8, 4) is 22.8 Å². The van der Waals surface area contributed by atoms with Crippen molar-refractivity contribution in [2.24, 2.45) is 5.10 Å². The maximum atomic E-state index is 12.4. The Labute approximate surface area is 196 Å². The molecule has 0 saturated heterocycles. The van der Waals surface area contributed by atoms with Crippen LogP contribution in [-0.2, 0) is 4.79 Å². The number of aryl methyl sites for hydroxylation is 1. The molecule has 1 N–H and O–H groups in total. The minimum atomic E-state index is -0.227. The number of hydrogen-bond acceptors (Lipinski definition) is 6. The summed E-state index contributed by atoms with van der Waals surface area (Å²) in [4.78, 5) is 12.4. The monoisotopic (exact) mass is 457 g/mol. The third-order valence-corrected chi connectivity index (χ3v) is 5.70. The molecule has 33 heavy (non-hydrogen) atoms. The van der Waals surface area contributed by atoms with Gasteiger partial charge in [-0.3, -0.25) is 9.36 Å². The van der Waals surface area contributed by atoms with E-state index in [0.717, 1.165) is 28.1 Å². The summed E-state index contributed by atoms with van der Waals surface area (Å²) in [5, 5.41) is 13.4. The fourth-order valence-electron chi connectivity index (χ4n) is 3.19. The van der Waals surface area contributed by atoms with Gasteiger partial charge in [0.2, 0.25) is 0 Å². The van der Waals surface area contributed by atoms with Crippen LogP contribution in [0.25, 0.3) is 17.1 Å². The fraction of sp³-hybridized carbons (Fsp3) is 0.120. The molecule has 166 valence electrons. The zero-order valence-corrected chi connectivity index (χ0v) is 19.1. The zero-order chi connectivity index (χ0) is 23.0. The van der Waals surface area contributed by atoms with Gasteiger partial charge in [-0.25, -0.2) is 5.43 Å². The van der Waals surface area contributed by atoms with Crippen LogP contribution in [0, 0.1) is 6.92 Å². The molecule has 0 bridgehead atoms. The number of rotatable bonds is 8. The number of hydrogen-bond donors (Lipinski definition) is 1. The van der Waals surface area contributed by atoms with Gasteiger partial charge in [0.1, 0.15) is 5.75 Å². The molecule has 0 aliphatic rings. The molecular weight excluding hydrogens is 434 g/mol. The van der Waals surface area contributed by atoms with Crippen LogP contribution in [0.15, 0.2) is 89.1 Å². The lowest BCUT2D eigenvalue weighted by atomic mass is 10.2. The summed E-state index contributed by atoms with van der Waals surface area (Å²) in [5.74, 6) is 1.37. The van der Waals surface area contributed by atoms with Crippen LogP contribution in [-0.4, -0.2) is 39.7 Å². The summed E-state index contributed by atoms with van der Waals surface area (Å²) < 4.78 is 7.21. The molecule has 0 saturated carbocycles. The van der Waals surface area contributed by atoms with Crippen LogP contribution in [0.3, 0.4) is 0 Å². The van der Waals surface area contributed by atoms with E-state index in [1.165, 1.54) is 11.8 Å². The molecule has 0 aliphatic heterocycles. The second kappa shape index (κ2) is 10.6. The second-order valence-electron chi connectivity index (χ2n) is 7.20. The number of aromatic nitrogens is 3. The van der Waals surface area contributed by atoms with Gasteiger partial charge in [0, 0.05) is 11.3 Å². The first-order valence-electron chi connectivity index (χ1n) is 10.3. The van der Waals surface area contributed by atoms with Crippen molar-refractivity contribution in [2.45, 2.75) is 12.1 Å². The molecule has 7 nitrogen and oxygen atoms in total. The molecule has 4 aromatic rings. The van der Waals surface area contributed by atoms with E-state index in [4.69, 9.17) is 4.74 Å². The van der Waals surface area contributed by atoms with Crippen LogP contribution in [0.2, 0.25) is 0 Å². The van der Waals surface area contributed by atoms with Gasteiger partial charge in [0.05, 0.1) is 19.1 Å². The summed E-state index contributed by atoms with van der Waals surface area (Å²) in [6.45, 7) is 2.01. The maximum absolute atomic E-state index is 12.4. The molecule has 1 heterocycles. The van der Waals surface area contributed by atoms with Gasteiger partial charge >= 0.3 is 0 Å². The SMILES string of the molecule is COc1ccc(-n2c(SCC(=O)N/N=C\c3cccc(C)c3)nnc2-c2ccccc2)cc1. The third-order valence-electron chi connectivity index (χ3n) is 4.77. The van der Waals surface area contributed by atoms with Crippen molar-refractivity contribution in [1.82, 2.24) is 20.2 Å². The lowest BCUT2D eigenvalue weighted by Crippen LogP contribution is -2.20. The van der Waals surface area contributed by atoms with Crippen LogP contribution in [0.4, 0.5) is 0 Å². The summed E-state index contributed by atoms with van der Waals surface area (Å²) >= 11 is 1.30. The van der Waals surface area contributed by atoms with Crippen LogP contribution >= 0.6 is 11.8 Å². The van der Waals surface area contributed by atoms with Crippen molar-refractivity contribution in [2.75, 3.05) is 12.9 Å². The number of benzene rings is 3. The number of nitrogens with zero attached hydrogens (tertiary/aromatic N) is 4. The summed E-state index contributed by atoms with van der Waals surface area (Å²) in [6.07, 6.45) is 1.63. The number of hydrazone groups is 1. The molecule has 3 aromatic carbocycles. The molecule has 1 amide bonds. The van der Waals surface area contributed by atoms with Gasteiger partial charge in [-0.15, -0.1) is 10.2 Å². The summed E-state index contributed by atoms with van der Waals surface area (Å²) in [5.41, 5.74) is 6.43. The molecule has 0 radical (unpaired) electrons. The molecule has 0 unspecified atom stereocenters. The Morgan fingerprint density at radius 1 is 1.06 bits per heavy atom. The van der Waals surface area contributed by atoms with Crippen LogP contribution in [0.1, 0.15) is 11.1 Å². The number of carbonyl (C=O) groups excluding carboxylic acids is 1. The zero-order valence-electron chi connectivity index (χ0n) is 18.3. The average Bonchev–Trinajstić information content (AvgIpc) is 3.27. The smallest absolute Gasteiger partial charge is 0.250 e. The van der Waals surface area contributed by atoms with E-state index in [2.05, 4.69) is 20.7 Å². The van der Waals surface area contributed by atoms with Gasteiger partial charge < -0.3 is 4.74 Å². The number of methoxy groups -OCH3 is 1. The van der Waals surface area contributed by atoms with E-state index >= 15 is 0 Å². The average molecular weight is 458 g/mol. The Hall–Kier alpha value is -3.91. The molecule has 1 aromatic heterocycles. The van der Waals surface area contributed by atoms with Crippen LogP contribution in [0.5, 0.6) is 5.75 Å². The molecule has 4 rings (SSSR count). The van der Waals surface area contributed by atoms with Crippen molar-refractivity contribution >= 4 is 23.9 Å². The molecule has 0 spiro atoms. The number of nitrogens with one attached hydrogen (secondary N) is 1. The van der Waals surface area contributed by atoms with E-state index in [1.54, 1.807) is 13.3 Å². The van der Waals surface area contributed by atoms with E-state index in [1.807, 2.05) is 90.4 Å². The maximum Gasteiger partial charge on any atom is 0.250 e. The largest absolute Gasteiger partial charge is 0.497 e. The Morgan fingerprint density at radius 2 is 1.85 bits per heavy atom. The minimum Gasteiger partial charge on any atom is -0.497 e. The van der Waals surface area contributed by atoms with Crippen molar-refractivity contribution in [1.29, 1.82) is 0 Å². The predicted octanol–water partition coefficient (Wildman–Crippen LogP) is 4.49. The van der Waals surface area contributed by atoms with Crippen molar-refractivity contribution in [3.05, 3.63) is 90.0 Å². The second-order valence-corrected chi connectivity index (χ2v) is 8.14. The van der Waals surface area contributed by atoms with Crippen molar-refractivity contribution < 1.29 is 9.53 Å². The summed E-state index contributed by atoms with van der Waals surface area (Å²) in [7, 11) is 1.63. The molecule has 0 fully saturated rings. The van der Waals surface area contributed by atoms with E-state index < -0.39 is 0 Å². The Bertz CT molecular complexity index is 1250. The van der Waals surface area contributed by atoms with E-state index in [-0.39, 0.29) is 11.7 Å². The third kappa shape index (κ3) is 5.67. The first-order chi connectivity index (χ1) is 16.1. The lowest BCUT2D eigenvalue weighted by molar-refractivity contribution is -0.118. The number of carbonyl (C=O) groups is 1. The number of ether oxygens (including phenoxy) is 1. The van der Waals surface area contributed by atoms with Gasteiger partial charge in [-0.2, -0.15) is 5.10 Å². The Kier molecular flexibility index (Phi) is 7.16. The molecular formula is C25H23N5O2S. The summed E-state index contributed by atoms with van der Waals surface area (Å²) in [6, 6.07) is 25.3. The van der Waals surface area contributed by atoms with Gasteiger partial charge in [-0.1, -0.05) is 71.9 Å². The van der Waals surface area contributed by atoms with E-state index in [0.29, 0.717) is 11.0 Å². The standard InChI is InChI=1S/C25H23N5O2S/c1-18-7-6-8-19(15-18)16-26-27-23(31)17-33-25-29-28-24(20-9-4-3-5-10-20)30(25)21-11-13-22(32-2)14-12-21/h3-16H,17H2,1-2H3,(H,27,31)/b26-16-. The minimum absolute atomic E-state index is 0.147.